The predicted molar refractivity (Wildman–Crippen MR) is 152 cm³/mol. The maximum absolute atomic E-state index is 6.37. The van der Waals surface area contributed by atoms with Gasteiger partial charge in [-0.2, -0.15) is 0 Å². The Hall–Kier alpha value is -4.13. The van der Waals surface area contributed by atoms with Crippen molar-refractivity contribution in [3.05, 3.63) is 167 Å². The molecule has 0 spiro atoms. The fraction of sp³-hybridized carbons (Fsp3) is 0.0286. The molecular weight excluding hydrogens is 456 g/mol. The van der Waals surface area contributed by atoms with Crippen molar-refractivity contribution in [2.45, 2.75) is 5.41 Å². The van der Waals surface area contributed by atoms with Gasteiger partial charge < -0.3 is 0 Å². The fourth-order valence-electron chi connectivity index (χ4n) is 6.12. The molecule has 1 aliphatic carbocycles. The Morgan fingerprint density at radius 2 is 1.03 bits per heavy atom. The van der Waals surface area contributed by atoms with Crippen LogP contribution in [-0.2, 0) is 5.41 Å². The number of fused-ring (bicyclic) bond motifs is 4. The van der Waals surface area contributed by atoms with Crippen LogP contribution in [-0.4, -0.2) is 0 Å². The van der Waals surface area contributed by atoms with Crippen LogP contribution in [0.5, 0.6) is 0 Å². The van der Waals surface area contributed by atoms with Crippen molar-refractivity contribution in [1.29, 1.82) is 0 Å². The van der Waals surface area contributed by atoms with E-state index in [9.17, 15) is 0 Å². The highest BCUT2D eigenvalue weighted by Crippen LogP contribution is 2.56. The first-order chi connectivity index (χ1) is 17.8. The molecule has 6 aromatic carbocycles. The largest absolute Gasteiger partial charge is 0.0843 e. The van der Waals surface area contributed by atoms with Gasteiger partial charge in [0.05, 0.1) is 5.41 Å². The number of halogens is 1. The molecule has 0 N–H and O–H groups in total. The molecule has 0 amide bonds. The highest BCUT2D eigenvalue weighted by atomic mass is 35.5. The van der Waals surface area contributed by atoms with Crippen LogP contribution in [0.4, 0.5) is 0 Å². The molecule has 0 saturated heterocycles. The molecular formula is C35H23Cl. The van der Waals surface area contributed by atoms with Crippen LogP contribution in [0.15, 0.2) is 140 Å². The number of rotatable bonds is 3. The number of benzene rings is 6. The number of hydrogen-bond donors (Lipinski definition) is 0. The van der Waals surface area contributed by atoms with Crippen LogP contribution in [0.3, 0.4) is 0 Å². The van der Waals surface area contributed by atoms with E-state index in [1.165, 1.54) is 55.3 Å². The molecule has 0 bridgehead atoms. The maximum Gasteiger partial charge on any atom is 0.0713 e. The lowest BCUT2D eigenvalue weighted by Crippen LogP contribution is -2.28. The lowest BCUT2D eigenvalue weighted by atomic mass is 9.67. The molecule has 0 aliphatic heterocycles. The van der Waals surface area contributed by atoms with Gasteiger partial charge in [-0.3, -0.25) is 0 Å². The normalized spacial score (nSPS) is 13.4. The SMILES string of the molecule is Clc1ccc(C2(c3cccc(-c4cccc5ccccc45)c3)c3ccccc3-c3ccccc32)cc1. The Labute approximate surface area is 216 Å². The second kappa shape index (κ2) is 8.22. The van der Waals surface area contributed by atoms with Crippen LogP contribution in [0, 0.1) is 0 Å². The number of hydrogen-bond acceptors (Lipinski definition) is 0. The molecule has 1 heteroatoms. The van der Waals surface area contributed by atoms with Gasteiger partial charge in [0.2, 0.25) is 0 Å². The van der Waals surface area contributed by atoms with Gasteiger partial charge in [0, 0.05) is 5.02 Å². The van der Waals surface area contributed by atoms with Crippen molar-refractivity contribution in [3.63, 3.8) is 0 Å². The molecule has 6 aromatic rings. The lowest BCUT2D eigenvalue weighted by molar-refractivity contribution is 0.769. The van der Waals surface area contributed by atoms with Crippen molar-refractivity contribution < 1.29 is 0 Å². The first-order valence-corrected chi connectivity index (χ1v) is 12.7. The summed E-state index contributed by atoms with van der Waals surface area (Å²) in [6.07, 6.45) is 0. The summed E-state index contributed by atoms with van der Waals surface area (Å²) in [7, 11) is 0. The highest BCUT2D eigenvalue weighted by Gasteiger charge is 2.45. The Morgan fingerprint density at radius 3 is 1.78 bits per heavy atom. The van der Waals surface area contributed by atoms with Crippen molar-refractivity contribution in [2.75, 3.05) is 0 Å². The summed E-state index contributed by atoms with van der Waals surface area (Å²) in [4.78, 5) is 0. The van der Waals surface area contributed by atoms with E-state index in [1.807, 2.05) is 12.1 Å². The molecule has 1 aliphatic rings. The quantitative estimate of drug-likeness (QED) is 0.237. The van der Waals surface area contributed by atoms with E-state index in [-0.39, 0.29) is 0 Å². The van der Waals surface area contributed by atoms with E-state index in [2.05, 4.69) is 127 Å². The van der Waals surface area contributed by atoms with Crippen molar-refractivity contribution in [2.24, 2.45) is 0 Å². The van der Waals surface area contributed by atoms with Crippen LogP contribution >= 0.6 is 11.6 Å². The van der Waals surface area contributed by atoms with Crippen molar-refractivity contribution in [3.8, 4) is 22.3 Å². The summed E-state index contributed by atoms with van der Waals surface area (Å²) in [5.74, 6) is 0. The van der Waals surface area contributed by atoms with Crippen LogP contribution < -0.4 is 0 Å². The summed E-state index contributed by atoms with van der Waals surface area (Å²) in [5, 5.41) is 3.27. The minimum Gasteiger partial charge on any atom is -0.0843 e. The minimum atomic E-state index is -0.432. The Balaban J connectivity index is 1.56. The third kappa shape index (κ3) is 3.02. The molecule has 0 saturated carbocycles. The zero-order chi connectivity index (χ0) is 24.1. The highest BCUT2D eigenvalue weighted by molar-refractivity contribution is 6.30. The molecule has 0 radical (unpaired) electrons. The van der Waals surface area contributed by atoms with Gasteiger partial charge in [0.15, 0.2) is 0 Å². The molecule has 0 aromatic heterocycles. The molecule has 36 heavy (non-hydrogen) atoms. The van der Waals surface area contributed by atoms with Gasteiger partial charge in [0.1, 0.15) is 0 Å². The smallest absolute Gasteiger partial charge is 0.0713 e. The van der Waals surface area contributed by atoms with Gasteiger partial charge in [-0.1, -0.05) is 133 Å². The monoisotopic (exact) mass is 478 g/mol. The zero-order valence-electron chi connectivity index (χ0n) is 19.7. The maximum atomic E-state index is 6.37. The average molecular weight is 479 g/mol. The van der Waals surface area contributed by atoms with E-state index in [0.717, 1.165) is 5.02 Å². The predicted octanol–water partition coefficient (Wildman–Crippen LogP) is 9.52. The first kappa shape index (κ1) is 21.2. The second-order valence-corrected chi connectivity index (χ2v) is 9.89. The first-order valence-electron chi connectivity index (χ1n) is 12.3. The molecule has 0 fully saturated rings. The summed E-state index contributed by atoms with van der Waals surface area (Å²) in [6.45, 7) is 0. The molecule has 170 valence electrons. The third-order valence-corrected chi connectivity index (χ3v) is 7.88. The second-order valence-electron chi connectivity index (χ2n) is 9.46. The van der Waals surface area contributed by atoms with Gasteiger partial charge in [-0.15, -0.1) is 0 Å². The van der Waals surface area contributed by atoms with Crippen LogP contribution in [0.25, 0.3) is 33.0 Å². The zero-order valence-corrected chi connectivity index (χ0v) is 20.4. The molecule has 0 nitrogen and oxygen atoms in total. The Bertz CT molecular complexity index is 1690. The Kier molecular flexibility index (Phi) is 4.84. The molecule has 7 rings (SSSR count). The third-order valence-electron chi connectivity index (χ3n) is 7.63. The van der Waals surface area contributed by atoms with Gasteiger partial charge >= 0.3 is 0 Å². The van der Waals surface area contributed by atoms with Gasteiger partial charge in [0.25, 0.3) is 0 Å². The minimum absolute atomic E-state index is 0.432. The topological polar surface area (TPSA) is 0 Å². The van der Waals surface area contributed by atoms with E-state index in [4.69, 9.17) is 11.6 Å². The standard InChI is InChI=1S/C35H23Cl/c36-28-21-19-26(20-22-28)35(33-17-5-3-14-31(33)32-15-4-6-18-34(32)35)27-12-7-11-25(23-27)30-16-8-10-24-9-1-2-13-29(24)30/h1-23H. The van der Waals surface area contributed by atoms with Crippen LogP contribution in [0.1, 0.15) is 22.3 Å². The molecule has 0 heterocycles. The van der Waals surface area contributed by atoms with Gasteiger partial charge in [-0.05, 0) is 73.5 Å². The van der Waals surface area contributed by atoms with E-state index in [0.29, 0.717) is 0 Å². The molecule has 0 atom stereocenters. The summed E-state index contributed by atoms with van der Waals surface area (Å²) in [5.41, 5.74) is 9.72. The van der Waals surface area contributed by atoms with Crippen molar-refractivity contribution >= 4 is 22.4 Å². The van der Waals surface area contributed by atoms with Crippen molar-refractivity contribution in [1.82, 2.24) is 0 Å². The van der Waals surface area contributed by atoms with E-state index < -0.39 is 5.41 Å². The summed E-state index contributed by atoms with van der Waals surface area (Å²) in [6, 6.07) is 50.3. The van der Waals surface area contributed by atoms with E-state index in [1.54, 1.807) is 0 Å². The van der Waals surface area contributed by atoms with E-state index >= 15 is 0 Å². The Morgan fingerprint density at radius 1 is 0.444 bits per heavy atom. The lowest BCUT2D eigenvalue weighted by Gasteiger charge is -2.34. The van der Waals surface area contributed by atoms with Crippen LogP contribution in [0.2, 0.25) is 5.02 Å². The summed E-state index contributed by atoms with van der Waals surface area (Å²) < 4.78 is 0. The van der Waals surface area contributed by atoms with Gasteiger partial charge in [-0.25, -0.2) is 0 Å². The summed E-state index contributed by atoms with van der Waals surface area (Å²) >= 11 is 6.37. The fourth-order valence-corrected chi connectivity index (χ4v) is 6.25. The molecule has 0 unspecified atom stereocenters. The average Bonchev–Trinajstić information content (AvgIpc) is 3.25.